The van der Waals surface area contributed by atoms with Gasteiger partial charge in [0.1, 0.15) is 5.65 Å². The van der Waals surface area contributed by atoms with Gasteiger partial charge in [-0.3, -0.25) is 13.8 Å². The highest BCUT2D eigenvalue weighted by molar-refractivity contribution is 7.73. The number of aromatic nitrogens is 2. The fraction of sp³-hybridized carbons (Fsp3) is 0.200. The molecule has 0 bridgehead atoms. The summed E-state index contributed by atoms with van der Waals surface area (Å²) in [6.45, 7) is 4.85. The number of rotatable bonds is 3. The average molecular weight is 367 g/mol. The van der Waals surface area contributed by atoms with Crippen molar-refractivity contribution in [2.45, 2.75) is 26.8 Å². The predicted molar refractivity (Wildman–Crippen MR) is 108 cm³/mol. The Morgan fingerprint density at radius 3 is 2.68 bits per heavy atom. The Labute approximate surface area is 154 Å². The normalized spacial score (nSPS) is 11.4. The van der Waals surface area contributed by atoms with Gasteiger partial charge < -0.3 is 0 Å². The SMILES string of the molecule is CCCn1c(=O)c2ccccc2n2c(=S)sc(-c3cccc(C)c3)c12. The lowest BCUT2D eigenvalue weighted by Crippen LogP contribution is -2.23. The monoisotopic (exact) mass is 366 g/mol. The lowest BCUT2D eigenvalue weighted by molar-refractivity contribution is 0.671. The van der Waals surface area contributed by atoms with E-state index in [0.29, 0.717) is 11.9 Å². The van der Waals surface area contributed by atoms with E-state index in [-0.39, 0.29) is 5.56 Å². The number of para-hydroxylation sites is 1. The van der Waals surface area contributed by atoms with Crippen LogP contribution in [0.1, 0.15) is 18.9 Å². The van der Waals surface area contributed by atoms with Crippen molar-refractivity contribution in [2.24, 2.45) is 0 Å². The molecule has 0 atom stereocenters. The second kappa shape index (κ2) is 6.24. The molecule has 2 aromatic heterocycles. The number of fused-ring (bicyclic) bond motifs is 3. The fourth-order valence-electron chi connectivity index (χ4n) is 3.32. The summed E-state index contributed by atoms with van der Waals surface area (Å²) in [6.07, 6.45) is 0.893. The highest BCUT2D eigenvalue weighted by Crippen LogP contribution is 2.33. The van der Waals surface area contributed by atoms with Crippen LogP contribution in [-0.4, -0.2) is 8.97 Å². The minimum Gasteiger partial charge on any atom is -0.293 e. The van der Waals surface area contributed by atoms with Gasteiger partial charge in [0.25, 0.3) is 5.56 Å². The first-order valence-electron chi connectivity index (χ1n) is 8.36. The van der Waals surface area contributed by atoms with E-state index < -0.39 is 0 Å². The van der Waals surface area contributed by atoms with Crippen molar-refractivity contribution >= 4 is 40.1 Å². The maximum atomic E-state index is 13.1. The largest absolute Gasteiger partial charge is 0.293 e. The highest BCUT2D eigenvalue weighted by Gasteiger charge is 2.17. The van der Waals surface area contributed by atoms with Gasteiger partial charge in [-0.1, -0.05) is 48.9 Å². The van der Waals surface area contributed by atoms with E-state index in [0.717, 1.165) is 32.0 Å². The standard InChI is InChI=1S/C20H18N2OS2/c1-3-11-21-18-17(14-8-6-7-13(2)12-14)25-20(24)22(18)16-10-5-4-9-15(16)19(21)23/h4-10,12H,3,11H2,1-2H3. The molecule has 0 amide bonds. The van der Waals surface area contributed by atoms with Crippen LogP contribution in [0.25, 0.3) is 27.0 Å². The maximum Gasteiger partial charge on any atom is 0.261 e. The summed E-state index contributed by atoms with van der Waals surface area (Å²) >= 11 is 7.26. The molecule has 0 N–H and O–H groups in total. The molecule has 0 spiro atoms. The van der Waals surface area contributed by atoms with E-state index in [1.165, 1.54) is 5.56 Å². The lowest BCUT2D eigenvalue weighted by Gasteiger charge is -2.12. The third kappa shape index (κ3) is 2.55. The molecule has 2 aromatic carbocycles. The summed E-state index contributed by atoms with van der Waals surface area (Å²) in [5, 5.41) is 0.716. The van der Waals surface area contributed by atoms with Crippen LogP contribution in [0.4, 0.5) is 0 Å². The zero-order valence-electron chi connectivity index (χ0n) is 14.2. The summed E-state index contributed by atoms with van der Waals surface area (Å²) in [6, 6.07) is 16.1. The first kappa shape index (κ1) is 16.2. The van der Waals surface area contributed by atoms with Gasteiger partial charge in [-0.2, -0.15) is 0 Å². The van der Waals surface area contributed by atoms with Crippen LogP contribution in [0, 0.1) is 10.9 Å². The maximum absolute atomic E-state index is 13.1. The molecule has 0 fully saturated rings. The fourth-order valence-corrected chi connectivity index (χ4v) is 4.74. The predicted octanol–water partition coefficient (Wildman–Crippen LogP) is 5.43. The molecule has 0 unspecified atom stereocenters. The van der Waals surface area contributed by atoms with Gasteiger partial charge in [0.05, 0.1) is 15.8 Å². The van der Waals surface area contributed by atoms with Gasteiger partial charge >= 0.3 is 0 Å². The van der Waals surface area contributed by atoms with Crippen molar-refractivity contribution in [3.05, 3.63) is 68.4 Å². The second-order valence-corrected chi connectivity index (χ2v) is 7.84. The number of aryl methyl sites for hydroxylation is 2. The Morgan fingerprint density at radius 1 is 1.12 bits per heavy atom. The zero-order chi connectivity index (χ0) is 17.6. The Bertz CT molecular complexity index is 1210. The molecule has 0 aliphatic carbocycles. The molecule has 0 aliphatic heterocycles. The van der Waals surface area contributed by atoms with Crippen molar-refractivity contribution in [3.63, 3.8) is 0 Å². The van der Waals surface area contributed by atoms with Crippen molar-refractivity contribution in [3.8, 4) is 10.4 Å². The first-order valence-corrected chi connectivity index (χ1v) is 9.58. The molecule has 0 saturated carbocycles. The van der Waals surface area contributed by atoms with E-state index >= 15 is 0 Å². The lowest BCUT2D eigenvalue weighted by atomic mass is 10.1. The molecule has 126 valence electrons. The smallest absolute Gasteiger partial charge is 0.261 e. The van der Waals surface area contributed by atoms with Gasteiger partial charge in [0.2, 0.25) is 0 Å². The minimum atomic E-state index is 0.0548. The van der Waals surface area contributed by atoms with Crippen molar-refractivity contribution in [1.29, 1.82) is 0 Å². The minimum absolute atomic E-state index is 0.0548. The van der Waals surface area contributed by atoms with Crippen LogP contribution in [0.15, 0.2) is 53.3 Å². The van der Waals surface area contributed by atoms with Crippen LogP contribution < -0.4 is 5.56 Å². The van der Waals surface area contributed by atoms with Crippen molar-refractivity contribution < 1.29 is 0 Å². The van der Waals surface area contributed by atoms with E-state index in [1.54, 1.807) is 11.3 Å². The summed E-state index contributed by atoms with van der Waals surface area (Å²) in [4.78, 5) is 14.2. The number of hydrogen-bond acceptors (Lipinski definition) is 3. The number of benzene rings is 2. The van der Waals surface area contributed by atoms with E-state index in [2.05, 4.69) is 36.4 Å². The van der Waals surface area contributed by atoms with Crippen LogP contribution >= 0.6 is 23.6 Å². The summed E-state index contributed by atoms with van der Waals surface area (Å²) in [5.74, 6) is 0. The van der Waals surface area contributed by atoms with Gasteiger partial charge in [0.15, 0.2) is 3.95 Å². The molecule has 25 heavy (non-hydrogen) atoms. The van der Waals surface area contributed by atoms with Crippen LogP contribution in [-0.2, 0) is 6.54 Å². The van der Waals surface area contributed by atoms with Crippen LogP contribution in [0.3, 0.4) is 0 Å². The highest BCUT2D eigenvalue weighted by atomic mass is 32.1. The van der Waals surface area contributed by atoms with Crippen LogP contribution in [0.2, 0.25) is 0 Å². The topological polar surface area (TPSA) is 26.4 Å². The summed E-state index contributed by atoms with van der Waals surface area (Å²) in [7, 11) is 0. The zero-order valence-corrected chi connectivity index (χ0v) is 15.8. The molecule has 3 nitrogen and oxygen atoms in total. The third-order valence-corrected chi connectivity index (χ3v) is 5.80. The summed E-state index contributed by atoms with van der Waals surface area (Å²) in [5.41, 5.74) is 4.15. The average Bonchev–Trinajstić information content (AvgIpc) is 2.96. The molecular weight excluding hydrogens is 348 g/mol. The summed E-state index contributed by atoms with van der Waals surface area (Å²) < 4.78 is 4.71. The van der Waals surface area contributed by atoms with Crippen molar-refractivity contribution in [2.75, 3.05) is 0 Å². The molecule has 5 heteroatoms. The van der Waals surface area contributed by atoms with Gasteiger partial charge in [-0.25, -0.2) is 0 Å². The Kier molecular flexibility index (Phi) is 4.06. The van der Waals surface area contributed by atoms with Gasteiger partial charge in [-0.05, 0) is 43.3 Å². The Hall–Kier alpha value is -2.24. The molecule has 0 saturated heterocycles. The third-order valence-electron chi connectivity index (χ3n) is 4.39. The quantitative estimate of drug-likeness (QED) is 0.452. The molecule has 0 radical (unpaired) electrons. The molecule has 4 rings (SSSR count). The Balaban J connectivity index is 2.24. The van der Waals surface area contributed by atoms with Crippen molar-refractivity contribution in [1.82, 2.24) is 8.97 Å². The second-order valence-electron chi connectivity index (χ2n) is 6.20. The van der Waals surface area contributed by atoms with Crippen LogP contribution in [0.5, 0.6) is 0 Å². The molecular formula is C20H18N2OS2. The van der Waals surface area contributed by atoms with E-state index in [4.69, 9.17) is 12.2 Å². The number of hydrogen-bond donors (Lipinski definition) is 0. The molecule has 2 heterocycles. The molecule has 0 aliphatic rings. The number of thiazole rings is 1. The van der Waals surface area contributed by atoms with E-state index in [9.17, 15) is 4.79 Å². The van der Waals surface area contributed by atoms with Gasteiger partial charge in [0, 0.05) is 6.54 Å². The molecule has 4 aromatic rings. The first-order chi connectivity index (χ1) is 12.1. The number of nitrogens with zero attached hydrogens (tertiary/aromatic N) is 2. The Morgan fingerprint density at radius 2 is 1.92 bits per heavy atom. The van der Waals surface area contributed by atoms with E-state index in [1.807, 2.05) is 34.9 Å². The van der Waals surface area contributed by atoms with Gasteiger partial charge in [-0.15, -0.1) is 11.3 Å².